The van der Waals surface area contributed by atoms with Crippen molar-refractivity contribution in [3.05, 3.63) is 113 Å². The summed E-state index contributed by atoms with van der Waals surface area (Å²) < 4.78 is 11.7. The van der Waals surface area contributed by atoms with Crippen LogP contribution in [0.5, 0.6) is 11.5 Å². The van der Waals surface area contributed by atoms with Gasteiger partial charge in [-0.3, -0.25) is 14.6 Å². The van der Waals surface area contributed by atoms with Crippen LogP contribution in [0.4, 0.5) is 0 Å². The number of benzene rings is 3. The molecule has 0 saturated carbocycles. The number of halogens is 1. The van der Waals surface area contributed by atoms with Gasteiger partial charge in [0.1, 0.15) is 23.2 Å². The Balaban J connectivity index is 1.29. The van der Waals surface area contributed by atoms with Gasteiger partial charge in [-0.15, -0.1) is 0 Å². The van der Waals surface area contributed by atoms with Crippen molar-refractivity contribution in [1.82, 2.24) is 20.2 Å². The molecule has 3 heterocycles. The van der Waals surface area contributed by atoms with Gasteiger partial charge in [0.05, 0.1) is 25.2 Å². The average Bonchev–Trinajstić information content (AvgIpc) is 3.39. The third-order valence-corrected chi connectivity index (χ3v) is 7.71. The zero-order chi connectivity index (χ0) is 31.3. The number of rotatable bonds is 10. The molecule has 6 rings (SSSR count). The molecule has 0 radical (unpaired) electrons. The largest absolute Gasteiger partial charge is 0.486 e. The number of carboxylic acid groups (broad SMARTS) is 1. The fourth-order valence-electron chi connectivity index (χ4n) is 5.31. The molecule has 1 aliphatic rings. The van der Waals surface area contributed by atoms with Crippen LogP contribution >= 0.6 is 11.6 Å². The van der Waals surface area contributed by atoms with Gasteiger partial charge in [-0.05, 0) is 59.7 Å². The van der Waals surface area contributed by atoms with Gasteiger partial charge in [-0.25, -0.2) is 4.79 Å². The number of amides is 2. The van der Waals surface area contributed by atoms with Crippen molar-refractivity contribution in [3.8, 4) is 22.8 Å². The van der Waals surface area contributed by atoms with Crippen LogP contribution in [0, 0.1) is 0 Å². The van der Waals surface area contributed by atoms with Gasteiger partial charge in [0, 0.05) is 40.4 Å². The lowest BCUT2D eigenvalue weighted by atomic mass is 10.0. The molecule has 3 aromatic carbocycles. The maximum absolute atomic E-state index is 14.3. The summed E-state index contributed by atoms with van der Waals surface area (Å²) in [5, 5.41) is 13.5. The minimum Gasteiger partial charge on any atom is -0.486 e. The van der Waals surface area contributed by atoms with E-state index in [2.05, 4.69) is 15.3 Å². The molecule has 2 aromatic heterocycles. The van der Waals surface area contributed by atoms with Crippen molar-refractivity contribution in [2.45, 2.75) is 19.1 Å². The van der Waals surface area contributed by atoms with Crippen molar-refractivity contribution in [2.24, 2.45) is 0 Å². The topological polar surface area (TPSA) is 134 Å². The SMILES string of the molecule is O=C(O)COc1ccc(-c2nccc3c2C(=O)N(Cc2c[nH]c4ccccc24)CC(CNC(=O)Cc2ccc(Cl)cc2)O3)cc1. The van der Waals surface area contributed by atoms with Gasteiger partial charge in [-0.2, -0.15) is 0 Å². The van der Waals surface area contributed by atoms with Crippen molar-refractivity contribution < 1.29 is 29.0 Å². The lowest BCUT2D eigenvalue weighted by molar-refractivity contribution is -0.139. The van der Waals surface area contributed by atoms with Gasteiger partial charge >= 0.3 is 5.97 Å². The first-order valence-corrected chi connectivity index (χ1v) is 14.7. The standard InChI is InChI=1S/C34H29ClN4O6/c35-24-9-5-21(6-10-24)15-30(40)38-17-26-19-39(18-23-16-37-28-4-2-1-3-27(23)28)34(43)32-29(45-26)13-14-36-33(32)22-7-11-25(12-8-22)44-20-31(41)42/h1-14,16,26,37H,15,17-20H2,(H,38,40)(H,41,42). The van der Waals surface area contributed by atoms with E-state index in [0.29, 0.717) is 39.9 Å². The number of carbonyl (C=O) groups excluding carboxylic acids is 2. The summed E-state index contributed by atoms with van der Waals surface area (Å²) in [5.74, 6) is -0.793. The number of carboxylic acids is 1. The molecular formula is C34H29ClN4O6. The number of nitrogens with zero attached hydrogens (tertiary/aromatic N) is 2. The van der Waals surface area contributed by atoms with Gasteiger partial charge in [0.15, 0.2) is 6.61 Å². The van der Waals surface area contributed by atoms with Gasteiger partial charge < -0.3 is 29.8 Å². The number of nitrogens with one attached hydrogen (secondary N) is 2. The van der Waals surface area contributed by atoms with Gasteiger partial charge in [-0.1, -0.05) is 41.9 Å². The van der Waals surface area contributed by atoms with Crippen LogP contribution in [-0.4, -0.2) is 63.6 Å². The van der Waals surface area contributed by atoms with E-state index >= 15 is 0 Å². The predicted molar refractivity (Wildman–Crippen MR) is 168 cm³/mol. The highest BCUT2D eigenvalue weighted by atomic mass is 35.5. The molecule has 1 unspecified atom stereocenters. The minimum atomic E-state index is -1.08. The Bertz CT molecular complexity index is 1860. The number of H-pyrrole nitrogens is 1. The molecular weight excluding hydrogens is 596 g/mol. The minimum absolute atomic E-state index is 0.177. The Morgan fingerprint density at radius 3 is 2.62 bits per heavy atom. The number of aromatic nitrogens is 2. The lowest BCUT2D eigenvalue weighted by Gasteiger charge is -2.24. The smallest absolute Gasteiger partial charge is 0.341 e. The molecule has 0 saturated heterocycles. The molecule has 0 aliphatic carbocycles. The van der Waals surface area contributed by atoms with Crippen LogP contribution < -0.4 is 14.8 Å². The summed E-state index contributed by atoms with van der Waals surface area (Å²) in [4.78, 5) is 47.6. The second-order valence-corrected chi connectivity index (χ2v) is 11.1. The molecule has 11 heteroatoms. The highest BCUT2D eigenvalue weighted by molar-refractivity contribution is 6.30. The summed E-state index contributed by atoms with van der Waals surface area (Å²) in [6.07, 6.45) is 3.10. The molecule has 0 bridgehead atoms. The first-order chi connectivity index (χ1) is 21.8. The van der Waals surface area contributed by atoms with E-state index in [1.165, 1.54) is 0 Å². The Morgan fingerprint density at radius 2 is 1.84 bits per heavy atom. The zero-order valence-corrected chi connectivity index (χ0v) is 24.8. The van der Waals surface area contributed by atoms with Crippen LogP contribution in [0.25, 0.3) is 22.2 Å². The molecule has 10 nitrogen and oxygen atoms in total. The zero-order valence-electron chi connectivity index (χ0n) is 24.0. The van der Waals surface area contributed by atoms with Crippen molar-refractivity contribution in [2.75, 3.05) is 19.7 Å². The van der Waals surface area contributed by atoms with E-state index in [4.69, 9.17) is 26.2 Å². The Labute approximate surface area is 263 Å². The molecule has 5 aromatic rings. The third kappa shape index (κ3) is 6.91. The van der Waals surface area contributed by atoms with Gasteiger partial charge in [0.25, 0.3) is 5.91 Å². The average molecular weight is 625 g/mol. The Kier molecular flexibility index (Phi) is 8.65. The fourth-order valence-corrected chi connectivity index (χ4v) is 5.44. The number of hydrogen-bond acceptors (Lipinski definition) is 6. The number of para-hydroxylation sites is 1. The maximum atomic E-state index is 14.3. The Morgan fingerprint density at radius 1 is 1.07 bits per heavy atom. The number of fused-ring (bicyclic) bond motifs is 2. The highest BCUT2D eigenvalue weighted by Crippen LogP contribution is 2.34. The lowest BCUT2D eigenvalue weighted by Crippen LogP contribution is -2.43. The van der Waals surface area contributed by atoms with Crippen molar-refractivity contribution in [1.29, 1.82) is 0 Å². The molecule has 3 N–H and O–H groups in total. The number of hydrogen-bond donors (Lipinski definition) is 3. The predicted octanol–water partition coefficient (Wildman–Crippen LogP) is 5.11. The summed E-state index contributed by atoms with van der Waals surface area (Å²) in [6.45, 7) is 0.231. The van der Waals surface area contributed by atoms with E-state index < -0.39 is 18.7 Å². The van der Waals surface area contributed by atoms with Crippen molar-refractivity contribution >= 4 is 40.3 Å². The summed E-state index contributed by atoms with van der Waals surface area (Å²) >= 11 is 5.98. The van der Waals surface area contributed by atoms with Crippen LogP contribution in [0.3, 0.4) is 0 Å². The van der Waals surface area contributed by atoms with E-state index in [-0.39, 0.29) is 31.3 Å². The molecule has 45 heavy (non-hydrogen) atoms. The molecule has 2 amide bonds. The van der Waals surface area contributed by atoms with Crippen molar-refractivity contribution in [3.63, 3.8) is 0 Å². The molecule has 0 spiro atoms. The number of aromatic amines is 1. The van der Waals surface area contributed by atoms with Crippen LogP contribution in [0.1, 0.15) is 21.5 Å². The first-order valence-electron chi connectivity index (χ1n) is 14.3. The second-order valence-electron chi connectivity index (χ2n) is 10.6. The number of pyridine rings is 1. The van der Waals surface area contributed by atoms with E-state index in [0.717, 1.165) is 22.0 Å². The van der Waals surface area contributed by atoms with Gasteiger partial charge in [0.2, 0.25) is 5.91 Å². The van der Waals surface area contributed by atoms with Crippen LogP contribution in [0.15, 0.2) is 91.3 Å². The summed E-state index contributed by atoms with van der Waals surface area (Å²) in [7, 11) is 0. The normalized spacial score (nSPS) is 14.4. The number of aliphatic carboxylic acids is 1. The molecule has 0 fully saturated rings. The molecule has 1 atom stereocenters. The van der Waals surface area contributed by atoms with E-state index in [9.17, 15) is 14.4 Å². The first kappa shape index (κ1) is 29.7. The molecule has 228 valence electrons. The quantitative estimate of drug-likeness (QED) is 0.197. The van der Waals surface area contributed by atoms with E-state index in [1.807, 2.05) is 30.5 Å². The fraction of sp³-hybridized carbons (Fsp3) is 0.176. The van der Waals surface area contributed by atoms with Crippen LogP contribution in [-0.2, 0) is 22.6 Å². The molecule has 1 aliphatic heterocycles. The monoisotopic (exact) mass is 624 g/mol. The van der Waals surface area contributed by atoms with E-state index in [1.54, 1.807) is 65.7 Å². The number of ether oxygens (including phenoxy) is 2. The second kappa shape index (κ2) is 13.1. The number of carbonyl (C=O) groups is 3. The maximum Gasteiger partial charge on any atom is 0.341 e. The third-order valence-electron chi connectivity index (χ3n) is 7.46. The Hall–Kier alpha value is -5.35. The highest BCUT2D eigenvalue weighted by Gasteiger charge is 2.32. The summed E-state index contributed by atoms with van der Waals surface area (Å²) in [5.41, 5.74) is 4.08. The summed E-state index contributed by atoms with van der Waals surface area (Å²) in [6, 6.07) is 23.3. The van der Waals surface area contributed by atoms with Crippen LogP contribution in [0.2, 0.25) is 5.02 Å².